The Balaban J connectivity index is 2.27. The Bertz CT molecular complexity index is 264. The van der Waals surface area contributed by atoms with Crippen LogP contribution in [-0.4, -0.2) is 11.7 Å². The summed E-state index contributed by atoms with van der Waals surface area (Å²) in [4.78, 5) is 0. The Labute approximate surface area is 87.2 Å². The van der Waals surface area contributed by atoms with E-state index in [4.69, 9.17) is 0 Å². The molecular formula is C13H22O. The van der Waals surface area contributed by atoms with Crippen molar-refractivity contribution in [3.05, 3.63) is 11.6 Å². The van der Waals surface area contributed by atoms with E-state index < -0.39 is 0 Å². The third-order valence-electron chi connectivity index (χ3n) is 4.48. The number of allylic oxidation sites excluding steroid dienone is 1. The molecule has 0 spiro atoms. The average molecular weight is 194 g/mol. The molecule has 0 aromatic carbocycles. The van der Waals surface area contributed by atoms with Crippen molar-refractivity contribution in [2.24, 2.45) is 16.7 Å². The quantitative estimate of drug-likeness (QED) is 0.636. The van der Waals surface area contributed by atoms with E-state index in [1.54, 1.807) is 0 Å². The van der Waals surface area contributed by atoms with Gasteiger partial charge in [-0.3, -0.25) is 0 Å². The van der Waals surface area contributed by atoms with E-state index in [0.29, 0.717) is 10.8 Å². The monoisotopic (exact) mass is 194 g/mol. The van der Waals surface area contributed by atoms with Gasteiger partial charge in [-0.1, -0.05) is 33.3 Å². The third-order valence-corrected chi connectivity index (χ3v) is 4.48. The first-order valence-corrected chi connectivity index (χ1v) is 5.79. The molecule has 0 saturated heterocycles. The minimum Gasteiger partial charge on any atom is -0.392 e. The number of hydrogen-bond acceptors (Lipinski definition) is 1. The first-order valence-electron chi connectivity index (χ1n) is 5.79. The molecule has 2 aliphatic carbocycles. The summed E-state index contributed by atoms with van der Waals surface area (Å²) in [5.74, 6) is 0.755. The summed E-state index contributed by atoms with van der Waals surface area (Å²) in [6.45, 7) is 7.43. The smallest absolute Gasteiger partial charge is 0.0642 e. The topological polar surface area (TPSA) is 20.2 Å². The van der Waals surface area contributed by atoms with Gasteiger partial charge in [0.15, 0.2) is 0 Å². The van der Waals surface area contributed by atoms with Crippen LogP contribution in [-0.2, 0) is 0 Å². The molecule has 2 aliphatic rings. The summed E-state index contributed by atoms with van der Waals surface area (Å²) in [6, 6.07) is 0. The fraction of sp³-hybridized carbons (Fsp3) is 0.846. The lowest BCUT2D eigenvalue weighted by atomic mass is 9.58. The molecule has 80 valence electrons. The highest BCUT2D eigenvalue weighted by atomic mass is 16.3. The van der Waals surface area contributed by atoms with Gasteiger partial charge in [-0.2, -0.15) is 0 Å². The van der Waals surface area contributed by atoms with E-state index >= 15 is 0 Å². The molecular weight excluding hydrogens is 172 g/mol. The maximum absolute atomic E-state index is 9.23. The Morgan fingerprint density at radius 2 is 2.07 bits per heavy atom. The fourth-order valence-electron chi connectivity index (χ4n) is 3.75. The van der Waals surface area contributed by atoms with Gasteiger partial charge in [0, 0.05) is 0 Å². The van der Waals surface area contributed by atoms with Crippen molar-refractivity contribution in [2.75, 3.05) is 6.61 Å². The van der Waals surface area contributed by atoms with Crippen LogP contribution < -0.4 is 0 Å². The van der Waals surface area contributed by atoms with Crippen molar-refractivity contribution >= 4 is 0 Å². The Hall–Kier alpha value is -0.300. The molecule has 1 nitrogen and oxygen atoms in total. The molecule has 0 aromatic heterocycles. The van der Waals surface area contributed by atoms with Crippen LogP contribution in [0.15, 0.2) is 11.6 Å². The Morgan fingerprint density at radius 1 is 1.36 bits per heavy atom. The van der Waals surface area contributed by atoms with Crippen molar-refractivity contribution in [3.8, 4) is 0 Å². The third kappa shape index (κ3) is 1.42. The predicted octanol–water partition coefficient (Wildman–Crippen LogP) is 3.14. The van der Waals surface area contributed by atoms with Crippen LogP contribution in [0, 0.1) is 16.7 Å². The van der Waals surface area contributed by atoms with Gasteiger partial charge in [-0.05, 0) is 41.6 Å². The highest BCUT2D eigenvalue weighted by Gasteiger charge is 2.48. The molecule has 1 saturated carbocycles. The van der Waals surface area contributed by atoms with E-state index in [-0.39, 0.29) is 6.61 Å². The zero-order valence-electron chi connectivity index (χ0n) is 9.64. The summed E-state index contributed by atoms with van der Waals surface area (Å²) in [5.41, 5.74) is 2.10. The van der Waals surface area contributed by atoms with Crippen molar-refractivity contribution in [2.45, 2.75) is 46.5 Å². The first kappa shape index (κ1) is 10.2. The van der Waals surface area contributed by atoms with E-state index in [0.717, 1.165) is 12.3 Å². The molecule has 0 unspecified atom stereocenters. The van der Waals surface area contributed by atoms with E-state index in [2.05, 4.69) is 26.8 Å². The second-order valence-electron chi connectivity index (χ2n) is 6.07. The SMILES string of the molecule is CC1(C)CCC[C@@]2(C)C=C(CO)C[C@@H]12. The van der Waals surface area contributed by atoms with Crippen LogP contribution in [0.3, 0.4) is 0 Å². The molecule has 2 rings (SSSR count). The summed E-state index contributed by atoms with van der Waals surface area (Å²) in [5, 5.41) is 9.23. The van der Waals surface area contributed by atoms with Gasteiger partial charge in [-0.15, -0.1) is 0 Å². The van der Waals surface area contributed by atoms with Crippen LogP contribution in [0.5, 0.6) is 0 Å². The van der Waals surface area contributed by atoms with Gasteiger partial charge in [-0.25, -0.2) is 0 Å². The highest BCUT2D eigenvalue weighted by molar-refractivity contribution is 5.22. The van der Waals surface area contributed by atoms with Crippen LogP contribution in [0.4, 0.5) is 0 Å². The number of rotatable bonds is 1. The molecule has 0 bridgehead atoms. The lowest BCUT2D eigenvalue weighted by Crippen LogP contribution is -2.38. The molecule has 0 radical (unpaired) electrons. The van der Waals surface area contributed by atoms with Gasteiger partial charge in [0.2, 0.25) is 0 Å². The maximum Gasteiger partial charge on any atom is 0.0642 e. The molecule has 14 heavy (non-hydrogen) atoms. The molecule has 0 amide bonds. The molecule has 0 heterocycles. The second-order valence-corrected chi connectivity index (χ2v) is 6.07. The predicted molar refractivity (Wildman–Crippen MR) is 59.0 cm³/mol. The number of fused-ring (bicyclic) bond motifs is 1. The lowest BCUT2D eigenvalue weighted by Gasteiger charge is -2.47. The molecule has 0 aromatic rings. The van der Waals surface area contributed by atoms with Crippen molar-refractivity contribution in [1.82, 2.24) is 0 Å². The van der Waals surface area contributed by atoms with E-state index in [1.807, 2.05) is 0 Å². The molecule has 1 fully saturated rings. The molecule has 2 atom stereocenters. The number of aliphatic hydroxyl groups is 1. The van der Waals surface area contributed by atoms with Crippen LogP contribution >= 0.6 is 0 Å². The summed E-state index contributed by atoms with van der Waals surface area (Å²) in [7, 11) is 0. The second kappa shape index (κ2) is 3.10. The summed E-state index contributed by atoms with van der Waals surface area (Å²) in [6.07, 6.45) is 7.48. The lowest BCUT2D eigenvalue weighted by molar-refractivity contribution is 0.0474. The van der Waals surface area contributed by atoms with Gasteiger partial charge < -0.3 is 5.11 Å². The molecule has 1 N–H and O–H groups in total. The minimum absolute atomic E-state index is 0.266. The van der Waals surface area contributed by atoms with Crippen molar-refractivity contribution < 1.29 is 5.11 Å². The largest absolute Gasteiger partial charge is 0.392 e. The summed E-state index contributed by atoms with van der Waals surface area (Å²) < 4.78 is 0. The van der Waals surface area contributed by atoms with Crippen molar-refractivity contribution in [1.29, 1.82) is 0 Å². The molecule has 1 heteroatoms. The number of aliphatic hydroxyl groups excluding tert-OH is 1. The standard InChI is InChI=1S/C13H22O/c1-12(2)5-4-6-13(3)8-10(9-14)7-11(12)13/h8,11,14H,4-7,9H2,1-3H3/t11-,13-/m0/s1. The first-order chi connectivity index (χ1) is 6.48. The average Bonchev–Trinajstić information content (AvgIpc) is 2.43. The maximum atomic E-state index is 9.23. The van der Waals surface area contributed by atoms with Crippen LogP contribution in [0.1, 0.15) is 46.5 Å². The normalized spacial score (nSPS) is 40.6. The fourth-order valence-corrected chi connectivity index (χ4v) is 3.75. The Kier molecular flexibility index (Phi) is 2.26. The van der Waals surface area contributed by atoms with Gasteiger partial charge in [0.25, 0.3) is 0 Å². The summed E-state index contributed by atoms with van der Waals surface area (Å²) >= 11 is 0. The zero-order chi connectivity index (χ0) is 10.4. The van der Waals surface area contributed by atoms with E-state index in [1.165, 1.54) is 24.8 Å². The molecule has 0 aliphatic heterocycles. The van der Waals surface area contributed by atoms with Crippen LogP contribution in [0.25, 0.3) is 0 Å². The minimum atomic E-state index is 0.266. The van der Waals surface area contributed by atoms with Gasteiger partial charge in [0.1, 0.15) is 0 Å². The van der Waals surface area contributed by atoms with Crippen molar-refractivity contribution in [3.63, 3.8) is 0 Å². The van der Waals surface area contributed by atoms with Gasteiger partial charge >= 0.3 is 0 Å². The zero-order valence-corrected chi connectivity index (χ0v) is 9.64. The van der Waals surface area contributed by atoms with Gasteiger partial charge in [0.05, 0.1) is 6.61 Å². The van der Waals surface area contributed by atoms with E-state index in [9.17, 15) is 5.11 Å². The number of hydrogen-bond donors (Lipinski definition) is 1. The van der Waals surface area contributed by atoms with Crippen LogP contribution in [0.2, 0.25) is 0 Å². The Morgan fingerprint density at radius 3 is 2.64 bits per heavy atom. The highest BCUT2D eigenvalue weighted by Crippen LogP contribution is 2.57.